The molecular formula is C20H29NO2. The van der Waals surface area contributed by atoms with Crippen molar-refractivity contribution in [1.29, 1.82) is 0 Å². The van der Waals surface area contributed by atoms with Gasteiger partial charge < -0.3 is 14.4 Å². The van der Waals surface area contributed by atoms with E-state index in [-0.39, 0.29) is 12.2 Å². The topological polar surface area (TPSA) is 21.7 Å². The van der Waals surface area contributed by atoms with Gasteiger partial charge in [-0.2, -0.15) is 0 Å². The molecular weight excluding hydrogens is 286 g/mol. The quantitative estimate of drug-likeness (QED) is 0.711. The third-order valence-corrected chi connectivity index (χ3v) is 3.72. The molecule has 0 bridgehead atoms. The molecule has 1 aliphatic carbocycles. The van der Waals surface area contributed by atoms with Gasteiger partial charge in [-0.25, -0.2) is 0 Å². The average Bonchev–Trinajstić information content (AvgIpc) is 2.54. The zero-order valence-electron chi connectivity index (χ0n) is 14.8. The first-order chi connectivity index (χ1) is 11.1. The Bertz CT molecular complexity index is 529. The highest BCUT2D eigenvalue weighted by Gasteiger charge is 2.18. The Hall–Kier alpha value is -1.58. The summed E-state index contributed by atoms with van der Waals surface area (Å²) in [6.45, 7) is 5.78. The van der Waals surface area contributed by atoms with Gasteiger partial charge in [-0.1, -0.05) is 30.4 Å². The summed E-state index contributed by atoms with van der Waals surface area (Å²) in [5.74, 6) is 0.909. The molecule has 0 fully saturated rings. The highest BCUT2D eigenvalue weighted by molar-refractivity contribution is 5.37. The zero-order valence-corrected chi connectivity index (χ0v) is 14.8. The molecule has 0 spiro atoms. The van der Waals surface area contributed by atoms with Crippen molar-refractivity contribution in [2.24, 2.45) is 0 Å². The molecule has 126 valence electrons. The van der Waals surface area contributed by atoms with Crippen molar-refractivity contribution in [1.82, 2.24) is 4.90 Å². The van der Waals surface area contributed by atoms with Crippen molar-refractivity contribution >= 4 is 0 Å². The fourth-order valence-corrected chi connectivity index (χ4v) is 2.53. The molecule has 1 unspecified atom stereocenters. The van der Waals surface area contributed by atoms with Crippen LogP contribution < -0.4 is 4.74 Å². The Kier molecular flexibility index (Phi) is 6.87. The van der Waals surface area contributed by atoms with Crippen molar-refractivity contribution in [2.45, 2.75) is 38.9 Å². The van der Waals surface area contributed by atoms with Crippen LogP contribution in [0.3, 0.4) is 0 Å². The monoisotopic (exact) mass is 315 g/mol. The van der Waals surface area contributed by atoms with Crippen molar-refractivity contribution in [3.05, 3.63) is 53.6 Å². The summed E-state index contributed by atoms with van der Waals surface area (Å²) in [6.07, 6.45) is 9.11. The second-order valence-electron chi connectivity index (χ2n) is 6.47. The van der Waals surface area contributed by atoms with Crippen LogP contribution in [-0.4, -0.2) is 38.3 Å². The maximum Gasteiger partial charge on any atom is 0.119 e. The number of nitrogens with zero attached hydrogens (tertiary/aromatic N) is 1. The number of hydrogen-bond donors (Lipinski definition) is 0. The Balaban J connectivity index is 2.06. The van der Waals surface area contributed by atoms with Crippen molar-refractivity contribution in [2.75, 3.05) is 27.2 Å². The van der Waals surface area contributed by atoms with Gasteiger partial charge in [0.05, 0.1) is 6.10 Å². The maximum atomic E-state index is 6.16. The maximum absolute atomic E-state index is 6.16. The van der Waals surface area contributed by atoms with E-state index in [1.54, 1.807) is 0 Å². The van der Waals surface area contributed by atoms with Crippen LogP contribution in [-0.2, 0) is 4.74 Å². The van der Waals surface area contributed by atoms with Gasteiger partial charge >= 0.3 is 0 Å². The van der Waals surface area contributed by atoms with Gasteiger partial charge in [-0.05, 0) is 64.1 Å². The van der Waals surface area contributed by atoms with Gasteiger partial charge in [0, 0.05) is 6.54 Å². The van der Waals surface area contributed by atoms with Crippen LogP contribution >= 0.6 is 0 Å². The summed E-state index contributed by atoms with van der Waals surface area (Å²) in [5, 5.41) is 0. The van der Waals surface area contributed by atoms with Crippen LogP contribution in [0, 0.1) is 0 Å². The minimum Gasteiger partial charge on any atom is -0.492 e. The lowest BCUT2D eigenvalue weighted by Gasteiger charge is -2.24. The number of allylic oxidation sites excluding steroid dienone is 2. The summed E-state index contributed by atoms with van der Waals surface area (Å²) in [6, 6.07) is 8.30. The minimum absolute atomic E-state index is 0.00220. The Labute approximate surface area is 140 Å². The van der Waals surface area contributed by atoms with Crippen LogP contribution in [0.25, 0.3) is 0 Å². The number of ether oxygens (including phenoxy) is 2. The van der Waals surface area contributed by atoms with Crippen LogP contribution in [0.2, 0.25) is 0 Å². The smallest absolute Gasteiger partial charge is 0.119 e. The Morgan fingerprint density at radius 3 is 2.39 bits per heavy atom. The molecule has 0 heterocycles. The van der Waals surface area contributed by atoms with E-state index in [0.717, 1.165) is 25.1 Å². The SMILES string of the molecule is CC(C)OC(C1=CCCC=C1)c1ccc(OCCN(C)C)cc1. The molecule has 3 nitrogen and oxygen atoms in total. The molecule has 0 aliphatic heterocycles. The first-order valence-corrected chi connectivity index (χ1v) is 8.46. The minimum atomic E-state index is 0.00220. The fraction of sp³-hybridized carbons (Fsp3) is 0.500. The molecule has 0 saturated carbocycles. The van der Waals surface area contributed by atoms with Gasteiger partial charge in [-0.15, -0.1) is 0 Å². The largest absolute Gasteiger partial charge is 0.492 e. The fourth-order valence-electron chi connectivity index (χ4n) is 2.53. The van der Waals surface area contributed by atoms with E-state index in [9.17, 15) is 0 Å². The molecule has 0 saturated heterocycles. The predicted octanol–water partition coefficient (Wildman–Crippen LogP) is 4.37. The third kappa shape index (κ3) is 5.85. The number of rotatable bonds is 8. The summed E-state index contributed by atoms with van der Waals surface area (Å²) in [7, 11) is 4.09. The van der Waals surface area contributed by atoms with Crippen LogP contribution in [0.4, 0.5) is 0 Å². The third-order valence-electron chi connectivity index (χ3n) is 3.72. The van der Waals surface area contributed by atoms with Crippen LogP contribution in [0.5, 0.6) is 5.75 Å². The molecule has 1 aliphatic rings. The summed E-state index contributed by atoms with van der Waals surface area (Å²) >= 11 is 0. The number of hydrogen-bond acceptors (Lipinski definition) is 3. The van der Waals surface area contributed by atoms with Gasteiger partial charge in [-0.3, -0.25) is 0 Å². The van der Waals surface area contributed by atoms with Crippen LogP contribution in [0.1, 0.15) is 38.4 Å². The summed E-state index contributed by atoms with van der Waals surface area (Å²) in [4.78, 5) is 2.11. The first-order valence-electron chi connectivity index (χ1n) is 8.46. The normalized spacial score (nSPS) is 15.8. The van der Waals surface area contributed by atoms with E-state index in [4.69, 9.17) is 9.47 Å². The van der Waals surface area contributed by atoms with Gasteiger partial charge in [0.1, 0.15) is 18.5 Å². The first kappa shape index (κ1) is 17.8. The summed E-state index contributed by atoms with van der Waals surface area (Å²) < 4.78 is 11.9. The van der Waals surface area contributed by atoms with Gasteiger partial charge in [0.2, 0.25) is 0 Å². The highest BCUT2D eigenvalue weighted by Crippen LogP contribution is 2.31. The molecule has 1 aromatic carbocycles. The second-order valence-corrected chi connectivity index (χ2v) is 6.47. The van der Waals surface area contributed by atoms with E-state index in [1.165, 1.54) is 11.1 Å². The molecule has 0 N–H and O–H groups in total. The summed E-state index contributed by atoms with van der Waals surface area (Å²) in [5.41, 5.74) is 2.43. The number of likely N-dealkylation sites (N-methyl/N-ethyl adjacent to an activating group) is 1. The lowest BCUT2D eigenvalue weighted by molar-refractivity contribution is 0.0296. The standard InChI is InChI=1S/C20H29NO2/c1-16(2)23-20(17-8-6-5-7-9-17)18-10-12-19(13-11-18)22-15-14-21(3)4/h6,8-13,16,20H,5,7,14-15H2,1-4H3. The Morgan fingerprint density at radius 2 is 1.83 bits per heavy atom. The zero-order chi connectivity index (χ0) is 16.7. The van der Waals surface area contributed by atoms with E-state index in [0.29, 0.717) is 6.61 Å². The van der Waals surface area contributed by atoms with Crippen molar-refractivity contribution in [3.63, 3.8) is 0 Å². The lowest BCUT2D eigenvalue weighted by atomic mass is 9.96. The molecule has 3 heteroatoms. The second kappa shape index (κ2) is 8.90. The van der Waals surface area contributed by atoms with E-state index in [2.05, 4.69) is 49.1 Å². The van der Waals surface area contributed by atoms with E-state index in [1.807, 2.05) is 26.2 Å². The molecule has 0 radical (unpaired) electrons. The molecule has 23 heavy (non-hydrogen) atoms. The number of benzene rings is 1. The molecule has 0 amide bonds. The van der Waals surface area contributed by atoms with Gasteiger partial charge in [0.15, 0.2) is 0 Å². The molecule has 1 aromatic rings. The molecule has 2 rings (SSSR count). The lowest BCUT2D eigenvalue weighted by Crippen LogP contribution is -2.19. The molecule has 0 aromatic heterocycles. The Morgan fingerprint density at radius 1 is 1.09 bits per heavy atom. The van der Waals surface area contributed by atoms with Crippen molar-refractivity contribution < 1.29 is 9.47 Å². The van der Waals surface area contributed by atoms with Crippen molar-refractivity contribution in [3.8, 4) is 5.75 Å². The van der Waals surface area contributed by atoms with E-state index >= 15 is 0 Å². The van der Waals surface area contributed by atoms with Crippen LogP contribution in [0.15, 0.2) is 48.1 Å². The molecule has 1 atom stereocenters. The average molecular weight is 315 g/mol. The predicted molar refractivity (Wildman–Crippen MR) is 95.9 cm³/mol. The highest BCUT2D eigenvalue weighted by atomic mass is 16.5. The van der Waals surface area contributed by atoms with Gasteiger partial charge in [0.25, 0.3) is 0 Å². The van der Waals surface area contributed by atoms with E-state index < -0.39 is 0 Å².